The number of nitrogens with zero attached hydrogens (tertiary/aromatic N) is 4. The summed E-state index contributed by atoms with van der Waals surface area (Å²) in [4.78, 5) is 35.3. The molecule has 1 aliphatic rings. The van der Waals surface area contributed by atoms with Crippen LogP contribution in [0.1, 0.15) is 63.3 Å². The van der Waals surface area contributed by atoms with Crippen molar-refractivity contribution in [2.75, 3.05) is 7.05 Å². The third-order valence-electron chi connectivity index (χ3n) is 6.47. The molecule has 0 saturated heterocycles. The van der Waals surface area contributed by atoms with Crippen molar-refractivity contribution in [2.45, 2.75) is 77.5 Å². The predicted molar refractivity (Wildman–Crippen MR) is 123 cm³/mol. The Kier molecular flexibility index (Phi) is 6.70. The molecule has 3 aromatic rings. The lowest BCUT2D eigenvalue weighted by atomic mass is 9.94. The van der Waals surface area contributed by atoms with Crippen LogP contribution in [-0.2, 0) is 19.6 Å². The highest BCUT2D eigenvalue weighted by Gasteiger charge is 2.23. The van der Waals surface area contributed by atoms with Crippen molar-refractivity contribution in [3.63, 3.8) is 0 Å². The van der Waals surface area contributed by atoms with Gasteiger partial charge in [-0.1, -0.05) is 62.9 Å². The highest BCUT2D eigenvalue weighted by molar-refractivity contribution is 5.71. The Labute approximate surface area is 182 Å². The van der Waals surface area contributed by atoms with E-state index in [1.165, 1.54) is 32.1 Å². The van der Waals surface area contributed by atoms with Crippen LogP contribution in [0.3, 0.4) is 0 Å². The fourth-order valence-electron chi connectivity index (χ4n) is 4.68. The second kappa shape index (κ2) is 9.64. The lowest BCUT2D eigenvalue weighted by Crippen LogP contribution is -2.34. The number of nitrogens with one attached hydrogen (secondary N) is 1. The summed E-state index contributed by atoms with van der Waals surface area (Å²) in [6.45, 7) is 3.94. The summed E-state index contributed by atoms with van der Waals surface area (Å²) in [6, 6.07) is 10.4. The number of aryl methyl sites for hydroxylation is 1. The van der Waals surface area contributed by atoms with Gasteiger partial charge < -0.3 is 4.57 Å². The molecule has 31 heavy (non-hydrogen) atoms. The van der Waals surface area contributed by atoms with Crippen molar-refractivity contribution in [3.05, 3.63) is 62.6 Å². The van der Waals surface area contributed by atoms with Gasteiger partial charge >= 0.3 is 5.69 Å². The topological polar surface area (TPSA) is 75.9 Å². The van der Waals surface area contributed by atoms with E-state index in [1.807, 2.05) is 34.9 Å². The number of rotatable bonds is 8. The van der Waals surface area contributed by atoms with E-state index in [0.29, 0.717) is 30.3 Å². The van der Waals surface area contributed by atoms with Crippen LogP contribution in [0.15, 0.2) is 39.9 Å². The fourth-order valence-corrected chi connectivity index (χ4v) is 4.68. The Morgan fingerprint density at radius 1 is 1.10 bits per heavy atom. The smallest absolute Gasteiger partial charge is 0.321 e. The molecule has 0 spiro atoms. The van der Waals surface area contributed by atoms with E-state index < -0.39 is 5.69 Å². The van der Waals surface area contributed by atoms with Gasteiger partial charge in [0.25, 0.3) is 5.56 Å². The van der Waals surface area contributed by atoms with Gasteiger partial charge in [0.15, 0.2) is 11.2 Å². The third-order valence-corrected chi connectivity index (χ3v) is 6.47. The molecule has 2 heterocycles. The molecule has 0 bridgehead atoms. The van der Waals surface area contributed by atoms with E-state index in [-0.39, 0.29) is 5.56 Å². The van der Waals surface area contributed by atoms with Gasteiger partial charge in [-0.25, -0.2) is 9.78 Å². The van der Waals surface area contributed by atoms with Crippen LogP contribution >= 0.6 is 0 Å². The van der Waals surface area contributed by atoms with Gasteiger partial charge in [0.1, 0.15) is 5.82 Å². The van der Waals surface area contributed by atoms with Gasteiger partial charge in [-0.15, -0.1) is 0 Å². The van der Waals surface area contributed by atoms with Crippen LogP contribution in [0, 0.1) is 0 Å². The van der Waals surface area contributed by atoms with Crippen LogP contribution in [-0.4, -0.2) is 37.1 Å². The first-order valence-electron chi connectivity index (χ1n) is 11.5. The highest BCUT2D eigenvalue weighted by atomic mass is 16.2. The molecule has 1 aliphatic carbocycles. The number of H-pyrrole nitrogens is 1. The monoisotopic (exact) mass is 423 g/mol. The Morgan fingerprint density at radius 2 is 1.84 bits per heavy atom. The van der Waals surface area contributed by atoms with Gasteiger partial charge in [-0.2, -0.15) is 0 Å². The van der Waals surface area contributed by atoms with E-state index in [4.69, 9.17) is 4.98 Å². The van der Waals surface area contributed by atoms with Crippen molar-refractivity contribution in [2.24, 2.45) is 0 Å². The number of benzene rings is 1. The van der Waals surface area contributed by atoms with Crippen molar-refractivity contribution in [1.29, 1.82) is 0 Å². The quantitative estimate of drug-likeness (QED) is 0.602. The second-order valence-electron chi connectivity index (χ2n) is 8.74. The minimum Gasteiger partial charge on any atom is -0.321 e. The molecule has 0 radical (unpaired) electrons. The summed E-state index contributed by atoms with van der Waals surface area (Å²) in [5.41, 5.74) is 1.24. The minimum absolute atomic E-state index is 0.348. The zero-order chi connectivity index (χ0) is 21.8. The molecule has 1 aromatic carbocycles. The van der Waals surface area contributed by atoms with Crippen LogP contribution in [0.5, 0.6) is 0 Å². The van der Waals surface area contributed by atoms with Crippen molar-refractivity contribution in [1.82, 2.24) is 24.0 Å². The Bertz CT molecular complexity index is 1120. The average Bonchev–Trinajstić information content (AvgIpc) is 3.14. The van der Waals surface area contributed by atoms with Gasteiger partial charge in [0, 0.05) is 12.6 Å². The fraction of sp³-hybridized carbons (Fsp3) is 0.542. The Hall–Kier alpha value is -2.67. The van der Waals surface area contributed by atoms with E-state index in [2.05, 4.69) is 23.9 Å². The largest absolute Gasteiger partial charge is 0.330 e. The number of aromatic amines is 1. The van der Waals surface area contributed by atoms with Gasteiger partial charge in [0.2, 0.25) is 0 Å². The lowest BCUT2D eigenvalue weighted by molar-refractivity contribution is 0.179. The standard InChI is InChI=1S/C24H33N5O2/c1-3-4-15-28-20(17-27(2)19-13-9-6-10-14-19)25-22-21(28)23(30)26-24(31)29(22)16-18-11-7-5-8-12-18/h5,7-8,11-12,19H,3-4,6,9-10,13-17H2,1-2H3,(H,26,30,31). The van der Waals surface area contributed by atoms with Crippen LogP contribution in [0.25, 0.3) is 11.2 Å². The number of hydrogen-bond donors (Lipinski definition) is 1. The molecule has 0 aliphatic heterocycles. The van der Waals surface area contributed by atoms with E-state index in [0.717, 1.165) is 30.8 Å². The molecule has 0 atom stereocenters. The summed E-state index contributed by atoms with van der Waals surface area (Å²) in [5.74, 6) is 0.870. The summed E-state index contributed by atoms with van der Waals surface area (Å²) < 4.78 is 3.64. The number of hydrogen-bond acceptors (Lipinski definition) is 4. The predicted octanol–water partition coefficient (Wildman–Crippen LogP) is 3.50. The second-order valence-corrected chi connectivity index (χ2v) is 8.74. The van der Waals surface area contributed by atoms with Gasteiger partial charge in [-0.05, 0) is 31.9 Å². The third kappa shape index (κ3) is 4.66. The average molecular weight is 424 g/mol. The molecule has 2 aromatic heterocycles. The molecule has 166 valence electrons. The Morgan fingerprint density at radius 3 is 2.55 bits per heavy atom. The molecular weight excluding hydrogens is 390 g/mol. The molecule has 4 rings (SSSR count). The SMILES string of the molecule is CCCCn1c(CN(C)C2CCCCC2)nc2c1c(=O)[nH]c(=O)n2Cc1ccccc1. The number of imidazole rings is 1. The number of fused-ring (bicyclic) bond motifs is 1. The molecule has 0 unspecified atom stereocenters. The van der Waals surface area contributed by atoms with Crippen molar-refractivity contribution < 1.29 is 0 Å². The Balaban J connectivity index is 1.77. The summed E-state index contributed by atoms with van der Waals surface area (Å²) in [7, 11) is 2.15. The van der Waals surface area contributed by atoms with Crippen molar-refractivity contribution in [3.8, 4) is 0 Å². The van der Waals surface area contributed by atoms with Crippen LogP contribution in [0.2, 0.25) is 0 Å². The zero-order valence-electron chi connectivity index (χ0n) is 18.6. The van der Waals surface area contributed by atoms with Crippen molar-refractivity contribution >= 4 is 11.2 Å². The maximum Gasteiger partial charge on any atom is 0.330 e. The summed E-state index contributed by atoms with van der Waals surface area (Å²) in [6.07, 6.45) is 8.29. The molecule has 1 saturated carbocycles. The van der Waals surface area contributed by atoms with E-state index >= 15 is 0 Å². The lowest BCUT2D eigenvalue weighted by Gasteiger charge is -2.31. The molecular formula is C24H33N5O2. The summed E-state index contributed by atoms with van der Waals surface area (Å²) in [5, 5.41) is 0. The first kappa shape index (κ1) is 21.6. The normalized spacial score (nSPS) is 15.2. The molecule has 1 fully saturated rings. The maximum absolute atomic E-state index is 12.8. The molecule has 1 N–H and O–H groups in total. The van der Waals surface area contributed by atoms with Gasteiger partial charge in [-0.3, -0.25) is 19.2 Å². The zero-order valence-corrected chi connectivity index (χ0v) is 18.6. The van der Waals surface area contributed by atoms with Gasteiger partial charge in [0.05, 0.1) is 13.1 Å². The first-order chi connectivity index (χ1) is 15.1. The maximum atomic E-state index is 12.8. The summed E-state index contributed by atoms with van der Waals surface area (Å²) >= 11 is 0. The molecule has 7 nitrogen and oxygen atoms in total. The van der Waals surface area contributed by atoms with E-state index in [9.17, 15) is 9.59 Å². The minimum atomic E-state index is -0.409. The number of aromatic nitrogens is 4. The van der Waals surface area contributed by atoms with Crippen LogP contribution in [0.4, 0.5) is 0 Å². The highest BCUT2D eigenvalue weighted by Crippen LogP contribution is 2.23. The molecule has 7 heteroatoms. The van der Waals surface area contributed by atoms with E-state index in [1.54, 1.807) is 4.57 Å². The van der Waals surface area contributed by atoms with Crippen LogP contribution < -0.4 is 11.2 Å². The first-order valence-corrected chi connectivity index (χ1v) is 11.5. The number of unbranched alkanes of at least 4 members (excludes halogenated alkanes) is 1. The molecule has 0 amide bonds.